The second-order valence-electron chi connectivity index (χ2n) is 4.75. The van der Waals surface area contributed by atoms with E-state index in [4.69, 9.17) is 0 Å². The van der Waals surface area contributed by atoms with Gasteiger partial charge in [-0.3, -0.25) is 0 Å². The van der Waals surface area contributed by atoms with Gasteiger partial charge in [0.1, 0.15) is 0 Å². The number of aryl methyl sites for hydroxylation is 1. The number of hydrogen-bond donors (Lipinski definition) is 1. The summed E-state index contributed by atoms with van der Waals surface area (Å²) in [6, 6.07) is 6.56. The van der Waals surface area contributed by atoms with Crippen molar-refractivity contribution in [3.05, 3.63) is 29.8 Å². The number of nitrogens with zero attached hydrogens (tertiary/aromatic N) is 1. The third kappa shape index (κ3) is 2.30. The van der Waals surface area contributed by atoms with E-state index in [-0.39, 0.29) is 18.7 Å². The molecule has 2 rings (SSSR count). The summed E-state index contributed by atoms with van der Waals surface area (Å²) in [5.41, 5.74) is 1.03. The molecule has 0 saturated carbocycles. The lowest BCUT2D eigenvalue weighted by atomic mass is 10.2. The van der Waals surface area contributed by atoms with Crippen LogP contribution in [0.1, 0.15) is 25.3 Å². The molecule has 0 spiro atoms. The molecule has 1 aromatic rings. The first-order valence-corrected chi connectivity index (χ1v) is 7.67. The number of sulfonamides is 1. The SMILES string of the molecule is CCC[C@H]1[C@H](CO)N1S(=O)(=O)c1ccc(C)cc1. The Kier molecular flexibility index (Phi) is 3.75. The molecule has 1 N–H and O–H groups in total. The smallest absolute Gasteiger partial charge is 0.243 e. The molecule has 1 unspecified atom stereocenters. The number of hydrogen-bond acceptors (Lipinski definition) is 3. The van der Waals surface area contributed by atoms with Crippen molar-refractivity contribution in [1.29, 1.82) is 0 Å². The number of aliphatic hydroxyl groups excluding tert-OH is 1. The highest BCUT2D eigenvalue weighted by Gasteiger charge is 2.54. The molecule has 100 valence electrons. The van der Waals surface area contributed by atoms with Crippen LogP contribution in [-0.4, -0.2) is 36.5 Å². The summed E-state index contributed by atoms with van der Waals surface area (Å²) < 4.78 is 26.2. The van der Waals surface area contributed by atoms with Crippen LogP contribution in [0.5, 0.6) is 0 Å². The van der Waals surface area contributed by atoms with Crippen molar-refractivity contribution in [2.24, 2.45) is 0 Å². The lowest BCUT2D eigenvalue weighted by molar-refractivity contribution is 0.286. The molecule has 3 atom stereocenters. The van der Waals surface area contributed by atoms with Crippen molar-refractivity contribution in [3.8, 4) is 0 Å². The van der Waals surface area contributed by atoms with E-state index in [1.807, 2.05) is 13.8 Å². The van der Waals surface area contributed by atoms with Crippen molar-refractivity contribution < 1.29 is 13.5 Å². The Labute approximate surface area is 108 Å². The Morgan fingerprint density at radius 1 is 1.22 bits per heavy atom. The normalized spacial score (nSPS) is 27.2. The van der Waals surface area contributed by atoms with E-state index in [2.05, 4.69) is 0 Å². The summed E-state index contributed by atoms with van der Waals surface area (Å²) >= 11 is 0. The molecule has 4 nitrogen and oxygen atoms in total. The summed E-state index contributed by atoms with van der Waals surface area (Å²) in [6.07, 6.45) is 1.72. The van der Waals surface area contributed by atoms with Gasteiger partial charge in [0, 0.05) is 6.04 Å². The fourth-order valence-electron chi connectivity index (χ4n) is 2.32. The molecule has 5 heteroatoms. The molecule has 0 bridgehead atoms. The molecule has 0 aromatic heterocycles. The Morgan fingerprint density at radius 2 is 1.83 bits per heavy atom. The Balaban J connectivity index is 2.24. The maximum absolute atomic E-state index is 12.4. The lowest BCUT2D eigenvalue weighted by Crippen LogP contribution is -2.17. The van der Waals surface area contributed by atoms with Crippen LogP contribution >= 0.6 is 0 Å². The monoisotopic (exact) mass is 269 g/mol. The molecule has 1 aliphatic heterocycles. The van der Waals surface area contributed by atoms with Crippen molar-refractivity contribution in [2.75, 3.05) is 6.61 Å². The zero-order chi connectivity index (χ0) is 13.3. The topological polar surface area (TPSA) is 57.4 Å². The molecule has 0 radical (unpaired) electrons. The minimum Gasteiger partial charge on any atom is -0.395 e. The van der Waals surface area contributed by atoms with Gasteiger partial charge in [0.05, 0.1) is 17.5 Å². The summed E-state index contributed by atoms with van der Waals surface area (Å²) in [7, 11) is -3.44. The molecule has 1 aliphatic rings. The minimum absolute atomic E-state index is 0.0358. The Bertz CT molecular complexity index is 510. The van der Waals surface area contributed by atoms with Crippen molar-refractivity contribution >= 4 is 10.0 Å². The maximum atomic E-state index is 12.4. The van der Waals surface area contributed by atoms with E-state index in [0.29, 0.717) is 4.90 Å². The van der Waals surface area contributed by atoms with Crippen LogP contribution in [0.15, 0.2) is 29.2 Å². The maximum Gasteiger partial charge on any atom is 0.243 e. The van der Waals surface area contributed by atoms with Gasteiger partial charge in [-0.05, 0) is 25.5 Å². The third-order valence-corrected chi connectivity index (χ3v) is 5.34. The third-order valence-electron chi connectivity index (χ3n) is 3.38. The predicted octanol–water partition coefficient (Wildman–Crippen LogP) is 1.53. The Morgan fingerprint density at radius 3 is 2.33 bits per heavy atom. The summed E-state index contributed by atoms with van der Waals surface area (Å²) in [5.74, 6) is 0. The second kappa shape index (κ2) is 4.99. The van der Waals surface area contributed by atoms with E-state index >= 15 is 0 Å². The fraction of sp³-hybridized carbons (Fsp3) is 0.538. The van der Waals surface area contributed by atoms with Crippen LogP contribution in [-0.2, 0) is 10.0 Å². The van der Waals surface area contributed by atoms with Crippen LogP contribution < -0.4 is 0 Å². The zero-order valence-electron chi connectivity index (χ0n) is 10.7. The van der Waals surface area contributed by atoms with Crippen LogP contribution in [0.25, 0.3) is 0 Å². The highest BCUT2D eigenvalue weighted by atomic mass is 32.2. The average Bonchev–Trinajstić information content (AvgIpc) is 3.04. The molecule has 1 saturated heterocycles. The molecular formula is C13H19NO3S. The number of rotatable bonds is 5. The van der Waals surface area contributed by atoms with E-state index in [1.165, 1.54) is 4.31 Å². The van der Waals surface area contributed by atoms with Gasteiger partial charge < -0.3 is 5.11 Å². The quantitative estimate of drug-likeness (QED) is 0.825. The molecular weight excluding hydrogens is 250 g/mol. The van der Waals surface area contributed by atoms with E-state index in [1.54, 1.807) is 24.3 Å². The summed E-state index contributed by atoms with van der Waals surface area (Å²) in [4.78, 5) is 0.310. The summed E-state index contributed by atoms with van der Waals surface area (Å²) in [5, 5.41) is 9.22. The Hall–Kier alpha value is -0.910. The van der Waals surface area contributed by atoms with Gasteiger partial charge in [0.2, 0.25) is 10.0 Å². The standard InChI is InChI=1S/C13H19NO3S/c1-3-4-12-13(9-15)14(12)18(16,17)11-7-5-10(2)6-8-11/h5-8,12-13,15H,3-4,9H2,1-2H3/t12-,13-,14?/m0/s1. The summed E-state index contributed by atoms with van der Waals surface area (Å²) in [6.45, 7) is 3.84. The number of benzene rings is 1. The molecule has 1 aromatic carbocycles. The van der Waals surface area contributed by atoms with Gasteiger partial charge in [-0.1, -0.05) is 31.0 Å². The molecule has 0 amide bonds. The molecule has 1 heterocycles. The van der Waals surface area contributed by atoms with Gasteiger partial charge in [0.25, 0.3) is 0 Å². The first kappa shape index (κ1) is 13.5. The van der Waals surface area contributed by atoms with Crippen molar-refractivity contribution in [2.45, 2.75) is 43.7 Å². The zero-order valence-corrected chi connectivity index (χ0v) is 11.5. The van der Waals surface area contributed by atoms with E-state index in [0.717, 1.165) is 18.4 Å². The van der Waals surface area contributed by atoms with Gasteiger partial charge in [-0.2, -0.15) is 4.31 Å². The van der Waals surface area contributed by atoms with Crippen LogP contribution in [0.2, 0.25) is 0 Å². The fourth-order valence-corrected chi connectivity index (χ4v) is 4.15. The van der Waals surface area contributed by atoms with Crippen molar-refractivity contribution in [1.82, 2.24) is 4.31 Å². The highest BCUT2D eigenvalue weighted by molar-refractivity contribution is 7.89. The number of aliphatic hydroxyl groups is 1. The van der Waals surface area contributed by atoms with Crippen molar-refractivity contribution in [3.63, 3.8) is 0 Å². The molecule has 0 aliphatic carbocycles. The van der Waals surface area contributed by atoms with E-state index in [9.17, 15) is 13.5 Å². The largest absolute Gasteiger partial charge is 0.395 e. The van der Waals surface area contributed by atoms with Crippen LogP contribution in [0.4, 0.5) is 0 Å². The first-order chi connectivity index (χ1) is 8.52. The highest BCUT2D eigenvalue weighted by Crippen LogP contribution is 2.38. The lowest BCUT2D eigenvalue weighted by Gasteiger charge is -2.06. The van der Waals surface area contributed by atoms with Gasteiger partial charge >= 0.3 is 0 Å². The molecule has 18 heavy (non-hydrogen) atoms. The van der Waals surface area contributed by atoms with Gasteiger partial charge in [-0.15, -0.1) is 0 Å². The molecule has 1 fully saturated rings. The first-order valence-electron chi connectivity index (χ1n) is 6.23. The van der Waals surface area contributed by atoms with Gasteiger partial charge in [-0.25, -0.2) is 8.42 Å². The minimum atomic E-state index is -3.44. The second-order valence-corrected chi connectivity index (χ2v) is 6.60. The van der Waals surface area contributed by atoms with E-state index < -0.39 is 10.0 Å². The van der Waals surface area contributed by atoms with Gasteiger partial charge in [0.15, 0.2) is 0 Å². The van der Waals surface area contributed by atoms with Crippen LogP contribution in [0.3, 0.4) is 0 Å². The predicted molar refractivity (Wildman–Crippen MR) is 69.8 cm³/mol. The average molecular weight is 269 g/mol. The van der Waals surface area contributed by atoms with Crippen LogP contribution in [0, 0.1) is 6.92 Å².